The lowest BCUT2D eigenvalue weighted by Gasteiger charge is -2.02. The zero-order valence-electron chi connectivity index (χ0n) is 11.2. The zero-order chi connectivity index (χ0) is 13.8. The lowest BCUT2D eigenvalue weighted by atomic mass is 10.1. The number of carbonyl (C=O) groups is 1. The zero-order valence-corrected chi connectivity index (χ0v) is 12.0. The smallest absolute Gasteiger partial charge is 0.348 e. The van der Waals surface area contributed by atoms with Crippen LogP contribution in [0.4, 0.5) is 0 Å². The number of hydrogen-bond acceptors (Lipinski definition) is 4. The van der Waals surface area contributed by atoms with E-state index in [2.05, 4.69) is 0 Å². The lowest BCUT2D eigenvalue weighted by molar-refractivity contribution is 0.0532. The molecule has 3 nitrogen and oxygen atoms in total. The van der Waals surface area contributed by atoms with Crippen LogP contribution in [0, 0.1) is 6.92 Å². The first-order valence-electron chi connectivity index (χ1n) is 6.07. The third kappa shape index (κ3) is 2.96. The lowest BCUT2D eigenvalue weighted by Crippen LogP contribution is -2.01. The van der Waals surface area contributed by atoms with Gasteiger partial charge in [-0.1, -0.05) is 12.1 Å². The highest BCUT2D eigenvalue weighted by molar-refractivity contribution is 7.14. The van der Waals surface area contributed by atoms with Crippen molar-refractivity contribution < 1.29 is 14.3 Å². The highest BCUT2D eigenvalue weighted by atomic mass is 32.1. The predicted octanol–water partition coefficient (Wildman–Crippen LogP) is 3.91. The molecule has 100 valence electrons. The van der Waals surface area contributed by atoms with Gasteiger partial charge in [-0.2, -0.15) is 0 Å². The highest BCUT2D eigenvalue weighted by Gasteiger charge is 2.14. The third-order valence-electron chi connectivity index (χ3n) is 2.80. The first-order valence-corrected chi connectivity index (χ1v) is 6.89. The maximum atomic E-state index is 11.7. The molecule has 0 aliphatic rings. The highest BCUT2D eigenvalue weighted by Crippen LogP contribution is 2.32. The Kier molecular flexibility index (Phi) is 4.22. The van der Waals surface area contributed by atoms with Crippen LogP contribution in [0.15, 0.2) is 30.3 Å². The van der Waals surface area contributed by atoms with Crippen molar-refractivity contribution in [3.8, 4) is 16.9 Å². The molecule has 1 heterocycles. The number of rotatable bonds is 4. The largest absolute Gasteiger partial charge is 0.497 e. The first-order chi connectivity index (χ1) is 9.15. The van der Waals surface area contributed by atoms with E-state index < -0.39 is 0 Å². The fourth-order valence-corrected chi connectivity index (χ4v) is 2.78. The molecule has 0 amide bonds. The van der Waals surface area contributed by atoms with Crippen LogP contribution in [0.2, 0.25) is 0 Å². The molecule has 19 heavy (non-hydrogen) atoms. The van der Waals surface area contributed by atoms with Crippen LogP contribution in [0.5, 0.6) is 5.75 Å². The Balaban J connectivity index is 2.31. The van der Waals surface area contributed by atoms with Crippen LogP contribution in [-0.2, 0) is 4.74 Å². The number of ether oxygens (including phenoxy) is 2. The van der Waals surface area contributed by atoms with Crippen molar-refractivity contribution in [1.82, 2.24) is 0 Å². The van der Waals surface area contributed by atoms with E-state index in [9.17, 15) is 4.79 Å². The van der Waals surface area contributed by atoms with Gasteiger partial charge in [0.05, 0.1) is 13.7 Å². The van der Waals surface area contributed by atoms with E-state index in [0.29, 0.717) is 11.5 Å². The second-order valence-electron chi connectivity index (χ2n) is 4.03. The quantitative estimate of drug-likeness (QED) is 0.794. The van der Waals surface area contributed by atoms with Crippen molar-refractivity contribution >= 4 is 17.3 Å². The van der Waals surface area contributed by atoms with Crippen molar-refractivity contribution in [1.29, 1.82) is 0 Å². The Bertz CT molecular complexity index is 570. The van der Waals surface area contributed by atoms with Crippen LogP contribution in [0.1, 0.15) is 21.5 Å². The second-order valence-corrected chi connectivity index (χ2v) is 5.29. The molecule has 0 saturated carbocycles. The Morgan fingerprint density at radius 1 is 1.26 bits per heavy atom. The van der Waals surface area contributed by atoms with E-state index in [4.69, 9.17) is 9.47 Å². The van der Waals surface area contributed by atoms with Crippen molar-refractivity contribution in [2.24, 2.45) is 0 Å². The van der Waals surface area contributed by atoms with E-state index in [1.807, 2.05) is 44.2 Å². The fourth-order valence-electron chi connectivity index (χ4n) is 1.84. The van der Waals surface area contributed by atoms with Gasteiger partial charge in [-0.25, -0.2) is 4.79 Å². The van der Waals surface area contributed by atoms with Gasteiger partial charge in [-0.15, -0.1) is 11.3 Å². The predicted molar refractivity (Wildman–Crippen MR) is 77.0 cm³/mol. The van der Waals surface area contributed by atoms with Crippen LogP contribution in [-0.4, -0.2) is 19.7 Å². The minimum absolute atomic E-state index is 0.254. The molecular formula is C15H16O3S. The topological polar surface area (TPSA) is 35.5 Å². The van der Waals surface area contributed by atoms with E-state index in [-0.39, 0.29) is 5.97 Å². The summed E-state index contributed by atoms with van der Waals surface area (Å²) in [5.74, 6) is 0.567. The average Bonchev–Trinajstić information content (AvgIpc) is 2.81. The normalized spacial score (nSPS) is 10.3. The molecule has 0 bridgehead atoms. The van der Waals surface area contributed by atoms with Gasteiger partial charge in [-0.3, -0.25) is 0 Å². The van der Waals surface area contributed by atoms with Gasteiger partial charge in [0, 0.05) is 4.88 Å². The molecule has 1 aromatic carbocycles. The van der Waals surface area contributed by atoms with Gasteiger partial charge in [0.1, 0.15) is 10.6 Å². The number of methoxy groups -OCH3 is 1. The van der Waals surface area contributed by atoms with Gasteiger partial charge in [0.15, 0.2) is 0 Å². The number of aryl methyl sites for hydroxylation is 1. The molecule has 0 N–H and O–H groups in total. The summed E-state index contributed by atoms with van der Waals surface area (Å²) >= 11 is 1.46. The SMILES string of the molecule is CCOC(=O)c1cc(-c2ccc(OC)cc2)c(C)s1. The van der Waals surface area contributed by atoms with E-state index in [0.717, 1.165) is 21.8 Å². The van der Waals surface area contributed by atoms with Crippen LogP contribution in [0.3, 0.4) is 0 Å². The van der Waals surface area contributed by atoms with Crippen LogP contribution in [0.25, 0.3) is 11.1 Å². The van der Waals surface area contributed by atoms with E-state index in [1.165, 1.54) is 11.3 Å². The Hall–Kier alpha value is -1.81. The fraction of sp³-hybridized carbons (Fsp3) is 0.267. The second kappa shape index (κ2) is 5.89. The molecule has 0 fully saturated rings. The van der Waals surface area contributed by atoms with Crippen molar-refractivity contribution in [2.75, 3.05) is 13.7 Å². The Morgan fingerprint density at radius 3 is 2.53 bits per heavy atom. The van der Waals surface area contributed by atoms with Crippen LogP contribution >= 0.6 is 11.3 Å². The number of thiophene rings is 1. The summed E-state index contributed by atoms with van der Waals surface area (Å²) in [4.78, 5) is 13.5. The molecule has 0 spiro atoms. The van der Waals surface area contributed by atoms with Crippen molar-refractivity contribution in [3.63, 3.8) is 0 Å². The molecule has 0 radical (unpaired) electrons. The standard InChI is InChI=1S/C15H16O3S/c1-4-18-15(16)14-9-13(10(2)19-14)11-5-7-12(17-3)8-6-11/h5-9H,4H2,1-3H3. The maximum Gasteiger partial charge on any atom is 0.348 e. The summed E-state index contributed by atoms with van der Waals surface area (Å²) in [6.07, 6.45) is 0. The van der Waals surface area contributed by atoms with E-state index >= 15 is 0 Å². The first kappa shape index (κ1) is 13.6. The van der Waals surface area contributed by atoms with Crippen molar-refractivity contribution in [2.45, 2.75) is 13.8 Å². The molecule has 0 aliphatic heterocycles. The summed E-state index contributed by atoms with van der Waals surface area (Å²) in [5, 5.41) is 0. The average molecular weight is 276 g/mol. The molecule has 0 saturated heterocycles. The molecule has 0 atom stereocenters. The number of hydrogen-bond donors (Lipinski definition) is 0. The summed E-state index contributed by atoms with van der Waals surface area (Å²) in [6, 6.07) is 9.69. The molecule has 0 unspecified atom stereocenters. The summed E-state index contributed by atoms with van der Waals surface area (Å²) in [6.45, 7) is 4.21. The summed E-state index contributed by atoms with van der Waals surface area (Å²) in [5.41, 5.74) is 2.14. The Labute approximate surface area is 116 Å². The van der Waals surface area contributed by atoms with Gasteiger partial charge in [-0.05, 0) is 43.2 Å². The molecule has 0 aliphatic carbocycles. The number of carbonyl (C=O) groups excluding carboxylic acids is 1. The third-order valence-corrected chi connectivity index (χ3v) is 3.83. The van der Waals surface area contributed by atoms with E-state index in [1.54, 1.807) is 7.11 Å². The van der Waals surface area contributed by atoms with Gasteiger partial charge < -0.3 is 9.47 Å². The van der Waals surface area contributed by atoms with Gasteiger partial charge in [0.25, 0.3) is 0 Å². The number of esters is 1. The minimum Gasteiger partial charge on any atom is -0.497 e. The molecular weight excluding hydrogens is 260 g/mol. The van der Waals surface area contributed by atoms with Crippen molar-refractivity contribution in [3.05, 3.63) is 40.1 Å². The number of benzene rings is 1. The summed E-state index contributed by atoms with van der Waals surface area (Å²) in [7, 11) is 1.64. The van der Waals surface area contributed by atoms with Crippen LogP contribution < -0.4 is 4.74 Å². The monoisotopic (exact) mass is 276 g/mol. The molecule has 1 aromatic heterocycles. The van der Waals surface area contributed by atoms with Gasteiger partial charge >= 0.3 is 5.97 Å². The molecule has 2 aromatic rings. The van der Waals surface area contributed by atoms with Gasteiger partial charge in [0.2, 0.25) is 0 Å². The maximum absolute atomic E-state index is 11.7. The molecule has 2 rings (SSSR count). The molecule has 4 heteroatoms. The Morgan fingerprint density at radius 2 is 1.95 bits per heavy atom. The minimum atomic E-state index is -0.254. The summed E-state index contributed by atoms with van der Waals surface area (Å²) < 4.78 is 10.2.